The third-order valence-electron chi connectivity index (χ3n) is 2.92. The van der Waals surface area contributed by atoms with Crippen LogP contribution in [0.4, 0.5) is 0 Å². The molecular weight excluding hydrogens is 194 g/mol. The molecule has 1 atom stereocenters. The van der Waals surface area contributed by atoms with Crippen molar-refractivity contribution >= 4 is 17.5 Å². The molecule has 14 heavy (non-hydrogen) atoms. The number of piperidine rings is 1. The van der Waals surface area contributed by atoms with E-state index in [1.54, 1.807) is 0 Å². The monoisotopic (exact) mass is 215 g/mol. The fourth-order valence-electron chi connectivity index (χ4n) is 1.97. The fourth-order valence-corrected chi connectivity index (χ4v) is 2.39. The van der Waals surface area contributed by atoms with Gasteiger partial charge in [0.15, 0.2) is 0 Å². The highest BCUT2D eigenvalue weighted by atomic mass is 32.2. The highest BCUT2D eigenvalue weighted by Crippen LogP contribution is 2.16. The molecule has 1 aliphatic heterocycles. The Morgan fingerprint density at radius 1 is 1.57 bits per heavy atom. The maximum absolute atomic E-state index is 11.5. The van der Waals surface area contributed by atoms with E-state index in [9.17, 15) is 4.79 Å². The molecule has 1 saturated heterocycles. The number of carbonyl (C=O) groups is 1. The SMILES string of the molecule is CCC1CN(CCCSC)CCC1=O. The van der Waals surface area contributed by atoms with Crippen LogP contribution in [0.1, 0.15) is 26.2 Å². The largest absolute Gasteiger partial charge is 0.302 e. The smallest absolute Gasteiger partial charge is 0.138 e. The average molecular weight is 215 g/mol. The number of carbonyl (C=O) groups excluding carboxylic acids is 1. The van der Waals surface area contributed by atoms with Crippen molar-refractivity contribution in [3.63, 3.8) is 0 Å². The Bertz CT molecular complexity index is 184. The predicted molar refractivity (Wildman–Crippen MR) is 62.8 cm³/mol. The van der Waals surface area contributed by atoms with Crippen LogP contribution in [0.15, 0.2) is 0 Å². The van der Waals surface area contributed by atoms with Gasteiger partial charge in [0.05, 0.1) is 0 Å². The average Bonchev–Trinajstić information content (AvgIpc) is 2.21. The lowest BCUT2D eigenvalue weighted by molar-refractivity contribution is -0.126. The van der Waals surface area contributed by atoms with Gasteiger partial charge in [-0.3, -0.25) is 4.79 Å². The zero-order chi connectivity index (χ0) is 10.4. The lowest BCUT2D eigenvalue weighted by atomic mass is 9.94. The van der Waals surface area contributed by atoms with E-state index in [0.717, 1.165) is 25.9 Å². The van der Waals surface area contributed by atoms with Gasteiger partial charge in [0.2, 0.25) is 0 Å². The molecule has 1 aliphatic rings. The number of rotatable bonds is 5. The predicted octanol–water partition coefficient (Wildman–Crippen LogP) is 2.04. The van der Waals surface area contributed by atoms with E-state index in [1.807, 2.05) is 11.8 Å². The summed E-state index contributed by atoms with van der Waals surface area (Å²) in [6.45, 7) is 5.28. The topological polar surface area (TPSA) is 20.3 Å². The Labute approximate surface area is 91.4 Å². The van der Waals surface area contributed by atoms with Crippen LogP contribution in [0.25, 0.3) is 0 Å². The maximum atomic E-state index is 11.5. The minimum absolute atomic E-state index is 0.318. The molecule has 0 spiro atoms. The molecule has 2 nitrogen and oxygen atoms in total. The van der Waals surface area contributed by atoms with E-state index >= 15 is 0 Å². The summed E-state index contributed by atoms with van der Waals surface area (Å²) >= 11 is 1.90. The molecule has 1 rings (SSSR count). The van der Waals surface area contributed by atoms with Crippen molar-refractivity contribution in [3.05, 3.63) is 0 Å². The lowest BCUT2D eigenvalue weighted by Gasteiger charge is -2.31. The second kappa shape index (κ2) is 6.46. The molecule has 82 valence electrons. The van der Waals surface area contributed by atoms with Crippen molar-refractivity contribution in [2.45, 2.75) is 26.2 Å². The first-order valence-corrected chi connectivity index (χ1v) is 6.91. The normalized spacial score (nSPS) is 24.1. The molecule has 0 saturated carbocycles. The highest BCUT2D eigenvalue weighted by molar-refractivity contribution is 7.98. The molecule has 1 heterocycles. The van der Waals surface area contributed by atoms with Gasteiger partial charge in [-0.1, -0.05) is 6.92 Å². The van der Waals surface area contributed by atoms with Gasteiger partial charge in [-0.05, 0) is 31.4 Å². The molecule has 0 amide bonds. The van der Waals surface area contributed by atoms with E-state index in [1.165, 1.54) is 18.7 Å². The van der Waals surface area contributed by atoms with E-state index in [0.29, 0.717) is 11.7 Å². The Morgan fingerprint density at radius 2 is 2.36 bits per heavy atom. The molecule has 0 aromatic rings. The van der Waals surface area contributed by atoms with Crippen LogP contribution >= 0.6 is 11.8 Å². The van der Waals surface area contributed by atoms with Crippen LogP contribution in [0.5, 0.6) is 0 Å². The summed E-state index contributed by atoms with van der Waals surface area (Å²) in [7, 11) is 0. The Morgan fingerprint density at radius 3 is 3.00 bits per heavy atom. The number of nitrogens with zero attached hydrogens (tertiary/aromatic N) is 1. The van der Waals surface area contributed by atoms with Gasteiger partial charge in [0, 0.05) is 25.4 Å². The van der Waals surface area contributed by atoms with Crippen molar-refractivity contribution < 1.29 is 4.79 Å². The van der Waals surface area contributed by atoms with Crippen LogP contribution < -0.4 is 0 Å². The second-order valence-electron chi connectivity index (χ2n) is 3.97. The molecular formula is C11H21NOS. The van der Waals surface area contributed by atoms with Crippen molar-refractivity contribution in [1.29, 1.82) is 0 Å². The third kappa shape index (κ3) is 3.62. The highest BCUT2D eigenvalue weighted by Gasteiger charge is 2.24. The van der Waals surface area contributed by atoms with Gasteiger partial charge in [0.25, 0.3) is 0 Å². The quantitative estimate of drug-likeness (QED) is 0.655. The van der Waals surface area contributed by atoms with Crippen molar-refractivity contribution in [2.75, 3.05) is 31.6 Å². The van der Waals surface area contributed by atoms with Crippen molar-refractivity contribution in [2.24, 2.45) is 5.92 Å². The molecule has 0 aromatic heterocycles. The van der Waals surface area contributed by atoms with Crippen LogP contribution in [0.3, 0.4) is 0 Å². The van der Waals surface area contributed by atoms with Gasteiger partial charge >= 0.3 is 0 Å². The first kappa shape index (κ1) is 12.1. The summed E-state index contributed by atoms with van der Waals surface area (Å²) in [5.41, 5.74) is 0. The first-order chi connectivity index (χ1) is 6.77. The number of ketones is 1. The fraction of sp³-hybridized carbons (Fsp3) is 0.909. The number of likely N-dealkylation sites (tertiary alicyclic amines) is 1. The summed E-state index contributed by atoms with van der Waals surface area (Å²) in [5, 5.41) is 0. The number of Topliss-reactive ketones (excluding diaryl/α,β-unsaturated/α-hetero) is 1. The minimum atomic E-state index is 0.318. The molecule has 1 unspecified atom stereocenters. The summed E-state index contributed by atoms with van der Waals surface area (Å²) < 4.78 is 0. The number of thioether (sulfide) groups is 1. The van der Waals surface area contributed by atoms with Gasteiger partial charge in [-0.15, -0.1) is 0 Å². The molecule has 1 fully saturated rings. The zero-order valence-corrected chi connectivity index (χ0v) is 10.1. The maximum Gasteiger partial charge on any atom is 0.138 e. The lowest BCUT2D eigenvalue weighted by Crippen LogP contribution is -2.41. The molecule has 0 radical (unpaired) electrons. The van der Waals surface area contributed by atoms with Crippen molar-refractivity contribution in [1.82, 2.24) is 4.90 Å². The van der Waals surface area contributed by atoms with Gasteiger partial charge in [0.1, 0.15) is 5.78 Å². The van der Waals surface area contributed by atoms with E-state index < -0.39 is 0 Å². The van der Waals surface area contributed by atoms with Gasteiger partial charge in [-0.2, -0.15) is 11.8 Å². The van der Waals surface area contributed by atoms with Crippen LogP contribution in [0, 0.1) is 5.92 Å². The van der Waals surface area contributed by atoms with E-state index in [-0.39, 0.29) is 0 Å². The Balaban J connectivity index is 2.24. The summed E-state index contributed by atoms with van der Waals surface area (Å²) in [6.07, 6.45) is 5.19. The molecule has 0 bridgehead atoms. The summed E-state index contributed by atoms with van der Waals surface area (Å²) in [6, 6.07) is 0. The molecule has 0 N–H and O–H groups in total. The summed E-state index contributed by atoms with van der Waals surface area (Å²) in [4.78, 5) is 13.9. The number of hydrogen-bond acceptors (Lipinski definition) is 3. The second-order valence-corrected chi connectivity index (χ2v) is 4.95. The van der Waals surface area contributed by atoms with E-state index in [2.05, 4.69) is 18.1 Å². The number of hydrogen-bond donors (Lipinski definition) is 0. The van der Waals surface area contributed by atoms with Gasteiger partial charge < -0.3 is 4.90 Å². The van der Waals surface area contributed by atoms with Crippen molar-refractivity contribution in [3.8, 4) is 0 Å². The Kier molecular flexibility index (Phi) is 5.56. The molecule has 0 aromatic carbocycles. The minimum Gasteiger partial charge on any atom is -0.302 e. The van der Waals surface area contributed by atoms with E-state index in [4.69, 9.17) is 0 Å². The third-order valence-corrected chi connectivity index (χ3v) is 3.62. The zero-order valence-electron chi connectivity index (χ0n) is 9.29. The molecule has 3 heteroatoms. The van der Waals surface area contributed by atoms with Crippen LogP contribution in [-0.2, 0) is 4.79 Å². The van der Waals surface area contributed by atoms with Crippen LogP contribution in [0.2, 0.25) is 0 Å². The Hall–Kier alpha value is -0.0200. The van der Waals surface area contributed by atoms with Crippen LogP contribution in [-0.4, -0.2) is 42.3 Å². The first-order valence-electron chi connectivity index (χ1n) is 5.52. The molecule has 0 aliphatic carbocycles. The standard InChI is InChI=1S/C11H21NOS/c1-3-10-9-12(6-4-8-14-2)7-5-11(10)13/h10H,3-9H2,1-2H3. The summed E-state index contributed by atoms with van der Waals surface area (Å²) in [5.74, 6) is 2.04. The van der Waals surface area contributed by atoms with Gasteiger partial charge in [-0.25, -0.2) is 0 Å².